The minimum absolute atomic E-state index is 0.155. The van der Waals surface area contributed by atoms with Gasteiger partial charge in [-0.3, -0.25) is 14.6 Å². The summed E-state index contributed by atoms with van der Waals surface area (Å²) in [6, 6.07) is 4.13. The Kier molecular flexibility index (Phi) is 5.31. The van der Waals surface area contributed by atoms with Crippen molar-refractivity contribution < 1.29 is 22.8 Å². The van der Waals surface area contributed by atoms with E-state index in [1.54, 1.807) is 0 Å². The van der Waals surface area contributed by atoms with Gasteiger partial charge in [-0.2, -0.15) is 0 Å². The molecule has 1 aromatic carbocycles. The Hall–Kier alpha value is -3.16. The maximum absolute atomic E-state index is 13.6. The quantitative estimate of drug-likeness (QED) is 0.652. The molecule has 0 saturated carbocycles. The summed E-state index contributed by atoms with van der Waals surface area (Å²) in [4.78, 5) is 27.6. The molecule has 2 aromatic rings. The second-order valence-corrected chi connectivity index (χ2v) is 4.61. The van der Waals surface area contributed by atoms with Crippen LogP contribution in [0.4, 0.5) is 18.9 Å². The van der Waals surface area contributed by atoms with E-state index in [-0.39, 0.29) is 17.8 Å². The monoisotopic (exact) mass is 335 g/mol. The van der Waals surface area contributed by atoms with Gasteiger partial charge in [0.2, 0.25) is 0 Å². The lowest BCUT2D eigenvalue weighted by Gasteiger charge is -2.08. The third kappa shape index (κ3) is 3.78. The number of anilines is 1. The highest BCUT2D eigenvalue weighted by Gasteiger charge is 2.17. The van der Waals surface area contributed by atoms with Crippen molar-refractivity contribution in [2.24, 2.45) is 0 Å². The summed E-state index contributed by atoms with van der Waals surface area (Å²) in [6.45, 7) is 3.70. The molecule has 1 aromatic heterocycles. The number of halogens is 3. The first kappa shape index (κ1) is 17.2. The molecule has 24 heavy (non-hydrogen) atoms. The van der Waals surface area contributed by atoms with E-state index in [9.17, 15) is 22.8 Å². The van der Waals surface area contributed by atoms with Gasteiger partial charge < -0.3 is 10.6 Å². The second kappa shape index (κ2) is 7.40. The topological polar surface area (TPSA) is 71.1 Å². The summed E-state index contributed by atoms with van der Waals surface area (Å²) in [5.74, 6) is -5.92. The summed E-state index contributed by atoms with van der Waals surface area (Å²) < 4.78 is 39.6. The highest BCUT2D eigenvalue weighted by molar-refractivity contribution is 6.04. The van der Waals surface area contributed by atoms with E-state index in [1.165, 1.54) is 24.4 Å². The van der Waals surface area contributed by atoms with Gasteiger partial charge in [-0.25, -0.2) is 13.2 Å². The van der Waals surface area contributed by atoms with Crippen LogP contribution in [0.15, 0.2) is 43.1 Å². The third-order valence-corrected chi connectivity index (χ3v) is 2.95. The number of hydrogen-bond acceptors (Lipinski definition) is 3. The average molecular weight is 335 g/mol. The molecule has 5 nitrogen and oxygen atoms in total. The Morgan fingerprint density at radius 2 is 1.88 bits per heavy atom. The van der Waals surface area contributed by atoms with E-state index in [4.69, 9.17) is 0 Å². The Labute approximate surface area is 135 Å². The molecule has 2 rings (SSSR count). The van der Waals surface area contributed by atoms with Gasteiger partial charge in [-0.1, -0.05) is 6.08 Å². The van der Waals surface area contributed by atoms with Gasteiger partial charge in [0.15, 0.2) is 17.5 Å². The van der Waals surface area contributed by atoms with Gasteiger partial charge in [0, 0.05) is 18.3 Å². The van der Waals surface area contributed by atoms with Gasteiger partial charge in [0.05, 0.1) is 5.69 Å². The lowest BCUT2D eigenvalue weighted by Crippen LogP contribution is -2.24. The molecule has 0 atom stereocenters. The SMILES string of the molecule is C=CCNC(=O)c1ccnc(C(=O)Nc2ccc(F)c(F)c2F)c1. The fourth-order valence-corrected chi connectivity index (χ4v) is 1.77. The normalized spacial score (nSPS) is 10.1. The Balaban J connectivity index is 2.20. The van der Waals surface area contributed by atoms with E-state index < -0.39 is 35.0 Å². The Bertz CT molecular complexity index is 809. The molecular weight excluding hydrogens is 323 g/mol. The number of hydrogen-bond donors (Lipinski definition) is 2. The van der Waals surface area contributed by atoms with E-state index >= 15 is 0 Å². The zero-order valence-electron chi connectivity index (χ0n) is 12.3. The second-order valence-electron chi connectivity index (χ2n) is 4.61. The summed E-state index contributed by atoms with van der Waals surface area (Å²) in [5.41, 5.74) is -0.574. The average Bonchev–Trinajstić information content (AvgIpc) is 2.60. The maximum Gasteiger partial charge on any atom is 0.274 e. The number of pyridine rings is 1. The van der Waals surface area contributed by atoms with E-state index in [0.29, 0.717) is 6.07 Å². The summed E-state index contributed by atoms with van der Waals surface area (Å²) >= 11 is 0. The number of carbonyl (C=O) groups excluding carboxylic acids is 2. The third-order valence-electron chi connectivity index (χ3n) is 2.95. The van der Waals surface area contributed by atoms with Crippen LogP contribution < -0.4 is 10.6 Å². The molecule has 0 aliphatic carbocycles. The smallest absolute Gasteiger partial charge is 0.274 e. The van der Waals surface area contributed by atoms with Gasteiger partial charge in [0.25, 0.3) is 11.8 Å². The van der Waals surface area contributed by atoms with Gasteiger partial charge >= 0.3 is 0 Å². The van der Waals surface area contributed by atoms with Crippen LogP contribution in [0.1, 0.15) is 20.8 Å². The number of amides is 2. The number of aromatic nitrogens is 1. The van der Waals surface area contributed by atoms with Gasteiger partial charge in [-0.15, -0.1) is 6.58 Å². The van der Waals surface area contributed by atoms with Crippen molar-refractivity contribution in [3.8, 4) is 0 Å². The van der Waals surface area contributed by atoms with Crippen molar-refractivity contribution in [2.45, 2.75) is 0 Å². The van der Waals surface area contributed by atoms with Crippen LogP contribution >= 0.6 is 0 Å². The molecule has 0 saturated heterocycles. The number of nitrogens with one attached hydrogen (secondary N) is 2. The van der Waals surface area contributed by atoms with Crippen molar-refractivity contribution in [3.05, 3.63) is 71.8 Å². The van der Waals surface area contributed by atoms with E-state index in [1.807, 2.05) is 0 Å². The van der Waals surface area contributed by atoms with Crippen LogP contribution in [0.2, 0.25) is 0 Å². The number of benzene rings is 1. The van der Waals surface area contributed by atoms with Crippen LogP contribution in [0, 0.1) is 17.5 Å². The summed E-state index contributed by atoms with van der Waals surface area (Å²) in [6.07, 6.45) is 2.71. The number of rotatable bonds is 5. The van der Waals surface area contributed by atoms with Crippen LogP contribution in [0.25, 0.3) is 0 Å². The molecule has 1 heterocycles. The van der Waals surface area contributed by atoms with Crippen LogP contribution in [0.3, 0.4) is 0 Å². The van der Waals surface area contributed by atoms with Crippen molar-refractivity contribution in [1.29, 1.82) is 0 Å². The predicted molar refractivity (Wildman–Crippen MR) is 81.0 cm³/mol. The molecule has 0 unspecified atom stereocenters. The van der Waals surface area contributed by atoms with Crippen molar-refractivity contribution >= 4 is 17.5 Å². The first-order valence-corrected chi connectivity index (χ1v) is 6.74. The van der Waals surface area contributed by atoms with E-state index in [0.717, 1.165) is 6.07 Å². The molecular formula is C16H12F3N3O2. The van der Waals surface area contributed by atoms with Crippen LogP contribution in [-0.4, -0.2) is 23.3 Å². The Morgan fingerprint density at radius 1 is 1.12 bits per heavy atom. The fraction of sp³-hybridized carbons (Fsp3) is 0.0625. The molecule has 0 bridgehead atoms. The molecule has 0 aliphatic rings. The van der Waals surface area contributed by atoms with Crippen molar-refractivity contribution in [1.82, 2.24) is 10.3 Å². The molecule has 8 heteroatoms. The lowest BCUT2D eigenvalue weighted by atomic mass is 10.2. The minimum Gasteiger partial charge on any atom is -0.349 e. The highest BCUT2D eigenvalue weighted by Crippen LogP contribution is 2.20. The van der Waals surface area contributed by atoms with Crippen molar-refractivity contribution in [3.63, 3.8) is 0 Å². The zero-order valence-corrected chi connectivity index (χ0v) is 12.3. The predicted octanol–water partition coefficient (Wildman–Crippen LogP) is 2.67. The summed E-state index contributed by atoms with van der Waals surface area (Å²) in [7, 11) is 0. The molecule has 0 fully saturated rings. The standard InChI is InChI=1S/C16H12F3N3O2/c1-2-6-21-15(23)9-5-7-20-12(8-9)16(24)22-11-4-3-10(17)13(18)14(11)19/h2-5,7-8H,1,6H2,(H,21,23)(H,22,24). The Morgan fingerprint density at radius 3 is 2.58 bits per heavy atom. The summed E-state index contributed by atoms with van der Waals surface area (Å²) in [5, 5.41) is 4.59. The first-order chi connectivity index (χ1) is 11.4. The molecule has 0 spiro atoms. The zero-order chi connectivity index (χ0) is 17.7. The maximum atomic E-state index is 13.6. The fourth-order valence-electron chi connectivity index (χ4n) is 1.77. The highest BCUT2D eigenvalue weighted by atomic mass is 19.2. The molecule has 0 aliphatic heterocycles. The molecule has 2 N–H and O–H groups in total. The van der Waals surface area contributed by atoms with Crippen LogP contribution in [-0.2, 0) is 0 Å². The van der Waals surface area contributed by atoms with E-state index in [2.05, 4.69) is 22.2 Å². The first-order valence-electron chi connectivity index (χ1n) is 6.74. The molecule has 2 amide bonds. The van der Waals surface area contributed by atoms with Crippen LogP contribution in [0.5, 0.6) is 0 Å². The lowest BCUT2D eigenvalue weighted by molar-refractivity contribution is 0.0958. The molecule has 124 valence electrons. The number of nitrogens with zero attached hydrogens (tertiary/aromatic N) is 1. The molecule has 0 radical (unpaired) electrons. The minimum atomic E-state index is -1.70. The van der Waals surface area contributed by atoms with Crippen molar-refractivity contribution in [2.75, 3.05) is 11.9 Å². The number of carbonyl (C=O) groups is 2. The van der Waals surface area contributed by atoms with Gasteiger partial charge in [0.1, 0.15) is 5.69 Å². The van der Waals surface area contributed by atoms with Gasteiger partial charge in [-0.05, 0) is 24.3 Å². The largest absolute Gasteiger partial charge is 0.349 e.